The van der Waals surface area contributed by atoms with Crippen molar-refractivity contribution in [2.45, 2.75) is 13.8 Å². The van der Waals surface area contributed by atoms with Crippen LogP contribution in [-0.2, 0) is 4.79 Å². The van der Waals surface area contributed by atoms with Crippen LogP contribution in [0.2, 0.25) is 0 Å². The first kappa shape index (κ1) is 7.72. The molecule has 3 nitrogen and oxygen atoms in total. The van der Waals surface area contributed by atoms with E-state index in [4.69, 9.17) is 0 Å². The number of aromatic nitrogens is 1. The average Bonchev–Trinajstić information content (AvgIpc) is 1.95. The highest BCUT2D eigenvalue weighted by molar-refractivity contribution is 5.73. The number of anilines is 1. The molecule has 1 amide bonds. The molecular formula is C8H9N2O. The second-order valence-electron chi connectivity index (χ2n) is 2.37. The highest BCUT2D eigenvalue weighted by Gasteiger charge is 1.96. The number of pyridine rings is 1. The normalized spacial score (nSPS) is 9.27. The fraction of sp³-hybridized carbons (Fsp3) is 0.250. The second kappa shape index (κ2) is 3.14. The van der Waals surface area contributed by atoms with E-state index in [2.05, 4.69) is 10.3 Å². The Bertz CT molecular complexity index is 271. The molecule has 0 unspecified atom stereocenters. The van der Waals surface area contributed by atoms with E-state index in [0.717, 1.165) is 11.3 Å². The van der Waals surface area contributed by atoms with Crippen LogP contribution < -0.4 is 5.32 Å². The van der Waals surface area contributed by atoms with Gasteiger partial charge in [-0.25, -0.2) is 0 Å². The minimum absolute atomic E-state index is 0.714. The summed E-state index contributed by atoms with van der Waals surface area (Å²) >= 11 is 0. The van der Waals surface area contributed by atoms with Crippen molar-refractivity contribution in [3.05, 3.63) is 23.5 Å². The molecule has 0 spiro atoms. The number of nitrogens with one attached hydrogen (secondary N) is 1. The van der Waals surface area contributed by atoms with E-state index in [1.807, 2.05) is 19.9 Å². The van der Waals surface area contributed by atoms with Crippen molar-refractivity contribution in [2.24, 2.45) is 0 Å². The number of nitrogens with zero attached hydrogens (tertiary/aromatic N) is 1. The number of aryl methyl sites for hydroxylation is 2. The van der Waals surface area contributed by atoms with Gasteiger partial charge in [0.15, 0.2) is 0 Å². The Hall–Kier alpha value is -1.38. The van der Waals surface area contributed by atoms with Crippen LogP contribution in [0.15, 0.2) is 12.3 Å². The topological polar surface area (TPSA) is 42.0 Å². The Kier molecular flexibility index (Phi) is 2.21. The summed E-state index contributed by atoms with van der Waals surface area (Å²) in [4.78, 5) is 14.0. The molecule has 0 atom stereocenters. The van der Waals surface area contributed by atoms with Crippen molar-refractivity contribution < 1.29 is 4.79 Å². The monoisotopic (exact) mass is 149 g/mol. The lowest BCUT2D eigenvalue weighted by atomic mass is 10.2. The Morgan fingerprint density at radius 3 is 2.82 bits per heavy atom. The first-order chi connectivity index (χ1) is 5.24. The van der Waals surface area contributed by atoms with Crippen LogP contribution in [0.3, 0.4) is 0 Å². The minimum atomic E-state index is 0.714. The van der Waals surface area contributed by atoms with E-state index in [1.54, 1.807) is 12.6 Å². The summed E-state index contributed by atoms with van der Waals surface area (Å²) in [5.41, 5.74) is 2.66. The molecule has 1 N–H and O–H groups in total. The maximum Gasteiger partial charge on any atom is 0.314 e. The molecule has 57 valence electrons. The predicted octanol–water partition coefficient (Wildman–Crippen LogP) is 1.18. The molecule has 1 radical (unpaired) electrons. The molecule has 0 aliphatic rings. The van der Waals surface area contributed by atoms with Gasteiger partial charge in [0.2, 0.25) is 0 Å². The van der Waals surface area contributed by atoms with Crippen LogP contribution in [0.1, 0.15) is 11.3 Å². The van der Waals surface area contributed by atoms with Gasteiger partial charge >= 0.3 is 6.41 Å². The van der Waals surface area contributed by atoms with Crippen molar-refractivity contribution in [3.8, 4) is 0 Å². The Labute approximate surface area is 65.5 Å². The van der Waals surface area contributed by atoms with Gasteiger partial charge in [-0.15, -0.1) is 0 Å². The summed E-state index contributed by atoms with van der Waals surface area (Å²) in [5.74, 6) is 0. The molecule has 1 aromatic rings. The van der Waals surface area contributed by atoms with Gasteiger partial charge in [-0.2, -0.15) is 0 Å². The van der Waals surface area contributed by atoms with Gasteiger partial charge in [0.25, 0.3) is 0 Å². The quantitative estimate of drug-likeness (QED) is 0.641. The Balaban J connectivity index is 2.98. The van der Waals surface area contributed by atoms with Crippen molar-refractivity contribution in [3.63, 3.8) is 0 Å². The largest absolute Gasteiger partial charge is 0.316 e. The number of hydrogen-bond acceptors (Lipinski definition) is 2. The lowest BCUT2D eigenvalue weighted by Crippen LogP contribution is -1.97. The van der Waals surface area contributed by atoms with Crippen molar-refractivity contribution in [1.29, 1.82) is 0 Å². The van der Waals surface area contributed by atoms with Gasteiger partial charge in [-0.3, -0.25) is 9.78 Å². The van der Waals surface area contributed by atoms with E-state index in [-0.39, 0.29) is 0 Å². The third-order valence-electron chi connectivity index (χ3n) is 1.43. The van der Waals surface area contributed by atoms with Crippen LogP contribution in [0.4, 0.5) is 5.69 Å². The third kappa shape index (κ3) is 1.77. The summed E-state index contributed by atoms with van der Waals surface area (Å²) in [6, 6.07) is 1.90. The second-order valence-corrected chi connectivity index (χ2v) is 2.37. The molecule has 0 aromatic carbocycles. The Morgan fingerprint density at radius 1 is 1.55 bits per heavy atom. The van der Waals surface area contributed by atoms with Crippen LogP contribution in [0.5, 0.6) is 0 Å². The third-order valence-corrected chi connectivity index (χ3v) is 1.43. The van der Waals surface area contributed by atoms with E-state index in [1.165, 1.54) is 0 Å². The van der Waals surface area contributed by atoms with E-state index in [9.17, 15) is 4.79 Å². The Morgan fingerprint density at radius 2 is 2.27 bits per heavy atom. The zero-order valence-electron chi connectivity index (χ0n) is 6.51. The number of carbonyl (C=O) groups excluding carboxylic acids is 1. The average molecular weight is 149 g/mol. The molecule has 0 aliphatic heterocycles. The van der Waals surface area contributed by atoms with Crippen LogP contribution in [-0.4, -0.2) is 11.4 Å². The predicted molar refractivity (Wildman–Crippen MR) is 43.0 cm³/mol. The van der Waals surface area contributed by atoms with Gasteiger partial charge in [-0.1, -0.05) is 0 Å². The molecule has 11 heavy (non-hydrogen) atoms. The van der Waals surface area contributed by atoms with Crippen molar-refractivity contribution in [2.75, 3.05) is 5.32 Å². The summed E-state index contributed by atoms with van der Waals surface area (Å²) in [6.45, 7) is 3.82. The van der Waals surface area contributed by atoms with Gasteiger partial charge in [0.05, 0.1) is 11.9 Å². The molecule has 1 heterocycles. The van der Waals surface area contributed by atoms with Crippen molar-refractivity contribution in [1.82, 2.24) is 4.98 Å². The molecule has 1 aromatic heterocycles. The van der Waals surface area contributed by atoms with E-state index in [0.29, 0.717) is 5.69 Å². The fourth-order valence-electron chi connectivity index (χ4n) is 0.882. The number of hydrogen-bond donors (Lipinski definition) is 1. The molecular weight excluding hydrogens is 140 g/mol. The SMILES string of the molecule is Cc1cc(C)c(N[C]=O)cn1. The van der Waals surface area contributed by atoms with E-state index >= 15 is 0 Å². The molecule has 3 heteroatoms. The maximum absolute atomic E-state index is 9.95. The molecule has 1 rings (SSSR count). The standard InChI is InChI=1S/C8H9N2O/c1-6-3-7(2)9-4-8(6)10-5-11/h3-4H,1-2H3,(H,10,11). The van der Waals surface area contributed by atoms with E-state index < -0.39 is 0 Å². The summed E-state index contributed by atoms with van der Waals surface area (Å²) in [5, 5.41) is 2.43. The molecule has 0 saturated heterocycles. The van der Waals surface area contributed by atoms with Crippen molar-refractivity contribution >= 4 is 12.1 Å². The highest BCUT2D eigenvalue weighted by Crippen LogP contribution is 2.11. The van der Waals surface area contributed by atoms with Crippen LogP contribution in [0.25, 0.3) is 0 Å². The molecule has 0 bridgehead atoms. The number of amides is 1. The number of rotatable bonds is 2. The zero-order valence-corrected chi connectivity index (χ0v) is 6.51. The summed E-state index contributed by atoms with van der Waals surface area (Å²) in [7, 11) is 0. The lowest BCUT2D eigenvalue weighted by molar-refractivity contribution is 0.561. The highest BCUT2D eigenvalue weighted by atomic mass is 16.1. The van der Waals surface area contributed by atoms with Gasteiger partial charge in [0, 0.05) is 5.69 Å². The molecule has 0 fully saturated rings. The van der Waals surface area contributed by atoms with Gasteiger partial charge in [-0.05, 0) is 25.5 Å². The van der Waals surface area contributed by atoms with Crippen LogP contribution in [0, 0.1) is 13.8 Å². The van der Waals surface area contributed by atoms with Gasteiger partial charge < -0.3 is 5.32 Å². The van der Waals surface area contributed by atoms with Gasteiger partial charge in [0.1, 0.15) is 0 Å². The summed E-state index contributed by atoms with van der Waals surface area (Å²) in [6.07, 6.45) is 3.22. The molecule has 0 saturated carbocycles. The molecule has 0 aliphatic carbocycles. The lowest BCUT2D eigenvalue weighted by Gasteiger charge is -2.01. The summed E-state index contributed by atoms with van der Waals surface area (Å²) < 4.78 is 0. The van der Waals surface area contributed by atoms with Crippen LogP contribution >= 0.6 is 0 Å². The minimum Gasteiger partial charge on any atom is -0.316 e. The fourth-order valence-corrected chi connectivity index (χ4v) is 0.882. The zero-order chi connectivity index (χ0) is 8.27. The maximum atomic E-state index is 9.95. The smallest absolute Gasteiger partial charge is 0.314 e. The first-order valence-electron chi connectivity index (χ1n) is 3.30. The first-order valence-corrected chi connectivity index (χ1v) is 3.30.